The summed E-state index contributed by atoms with van der Waals surface area (Å²) in [6.45, 7) is 4.89. The van der Waals surface area contributed by atoms with Crippen LogP contribution in [0.15, 0.2) is 23.5 Å². The van der Waals surface area contributed by atoms with Gasteiger partial charge >= 0.3 is 0 Å². The molecule has 2 heterocycles. The molecule has 0 spiro atoms. The Bertz CT molecular complexity index is 600. The van der Waals surface area contributed by atoms with E-state index in [4.69, 9.17) is 0 Å². The lowest BCUT2D eigenvalue weighted by molar-refractivity contribution is 0.630. The van der Waals surface area contributed by atoms with E-state index in [2.05, 4.69) is 51.7 Å². The molecule has 2 N–H and O–H groups in total. The zero-order valence-electron chi connectivity index (χ0n) is 12.9. The molecule has 6 nitrogen and oxygen atoms in total. The Labute approximate surface area is 129 Å². The van der Waals surface area contributed by atoms with Crippen LogP contribution in [0.3, 0.4) is 0 Å². The van der Waals surface area contributed by atoms with Crippen LogP contribution in [-0.4, -0.2) is 33.8 Å². The molecule has 21 heavy (non-hydrogen) atoms. The summed E-state index contributed by atoms with van der Waals surface area (Å²) in [4.78, 5) is 11.2. The number of hydrogen-bond donors (Lipinski definition) is 2. The predicted octanol–water partition coefficient (Wildman–Crippen LogP) is 1.48. The summed E-state index contributed by atoms with van der Waals surface area (Å²) in [5.41, 5.74) is 0. The highest BCUT2D eigenvalue weighted by Crippen LogP contribution is 2.16. The molecule has 0 bridgehead atoms. The number of aliphatic imine (C=N–C) groups is 1. The minimum absolute atomic E-state index is 0.314. The molecule has 0 amide bonds. The first kappa shape index (κ1) is 15.5. The molecule has 0 aliphatic heterocycles. The normalized spacial score (nSPS) is 13.2. The number of guanidine groups is 1. The van der Waals surface area contributed by atoms with E-state index in [0.717, 1.165) is 18.2 Å². The monoisotopic (exact) mass is 306 g/mol. The van der Waals surface area contributed by atoms with E-state index in [0.29, 0.717) is 12.6 Å². The minimum Gasteiger partial charge on any atom is -0.354 e. The summed E-state index contributed by atoms with van der Waals surface area (Å²) in [5, 5.41) is 10.7. The van der Waals surface area contributed by atoms with Gasteiger partial charge in [-0.2, -0.15) is 5.10 Å². The van der Waals surface area contributed by atoms with Gasteiger partial charge in [-0.1, -0.05) is 0 Å². The molecule has 2 aromatic heterocycles. The van der Waals surface area contributed by atoms with Crippen LogP contribution in [0.2, 0.25) is 0 Å². The van der Waals surface area contributed by atoms with E-state index in [1.165, 1.54) is 9.75 Å². The summed E-state index contributed by atoms with van der Waals surface area (Å²) >= 11 is 1.84. The number of nitrogens with zero attached hydrogens (tertiary/aromatic N) is 4. The molecule has 0 radical (unpaired) electrons. The largest absolute Gasteiger partial charge is 0.354 e. The van der Waals surface area contributed by atoms with Gasteiger partial charge in [-0.25, -0.2) is 4.98 Å². The summed E-state index contributed by atoms with van der Waals surface area (Å²) in [6.07, 6.45) is 2.54. The highest BCUT2D eigenvalue weighted by Gasteiger charge is 2.08. The summed E-state index contributed by atoms with van der Waals surface area (Å²) in [5.74, 6) is 1.65. The number of hydrogen-bond acceptors (Lipinski definition) is 4. The fourth-order valence-corrected chi connectivity index (χ4v) is 3.04. The van der Waals surface area contributed by atoms with Gasteiger partial charge in [0.25, 0.3) is 0 Å². The Morgan fingerprint density at radius 2 is 2.29 bits per heavy atom. The van der Waals surface area contributed by atoms with Crippen LogP contribution in [0.1, 0.15) is 22.5 Å². The molecule has 114 valence electrons. The van der Waals surface area contributed by atoms with Crippen LogP contribution in [0.25, 0.3) is 0 Å². The lowest BCUT2D eigenvalue weighted by atomic mass is 10.2. The third kappa shape index (κ3) is 4.56. The zero-order valence-corrected chi connectivity index (χ0v) is 13.7. The topological polar surface area (TPSA) is 67.1 Å². The maximum absolute atomic E-state index is 4.24. The lowest BCUT2D eigenvalue weighted by Gasteiger charge is -2.17. The van der Waals surface area contributed by atoms with Gasteiger partial charge in [0.1, 0.15) is 12.2 Å². The van der Waals surface area contributed by atoms with Crippen molar-refractivity contribution in [3.63, 3.8) is 0 Å². The Morgan fingerprint density at radius 3 is 2.86 bits per heavy atom. The third-order valence-corrected chi connectivity index (χ3v) is 4.15. The average Bonchev–Trinajstić information content (AvgIpc) is 3.03. The van der Waals surface area contributed by atoms with Gasteiger partial charge in [0.05, 0.1) is 6.54 Å². The second-order valence-electron chi connectivity index (χ2n) is 4.99. The Balaban J connectivity index is 1.83. The number of thiophene rings is 1. The van der Waals surface area contributed by atoms with E-state index < -0.39 is 0 Å². The summed E-state index contributed by atoms with van der Waals surface area (Å²) in [6, 6.07) is 4.66. The van der Waals surface area contributed by atoms with Gasteiger partial charge in [-0.05, 0) is 26.0 Å². The van der Waals surface area contributed by atoms with Gasteiger partial charge < -0.3 is 10.6 Å². The molecule has 7 heteroatoms. The van der Waals surface area contributed by atoms with Gasteiger partial charge in [0.2, 0.25) is 0 Å². The van der Waals surface area contributed by atoms with Gasteiger partial charge in [0.15, 0.2) is 5.96 Å². The van der Waals surface area contributed by atoms with Crippen molar-refractivity contribution >= 4 is 17.3 Å². The van der Waals surface area contributed by atoms with Crippen molar-refractivity contribution < 1.29 is 0 Å². The number of aromatic nitrogens is 3. The van der Waals surface area contributed by atoms with Crippen LogP contribution in [0.5, 0.6) is 0 Å². The predicted molar refractivity (Wildman–Crippen MR) is 86.6 cm³/mol. The quantitative estimate of drug-likeness (QED) is 0.648. The van der Waals surface area contributed by atoms with Crippen molar-refractivity contribution in [3.05, 3.63) is 34.0 Å². The average molecular weight is 306 g/mol. The SMILES string of the molecule is CN=C(NCc1ncnn1C)NC(C)Cc1ccc(C)s1. The molecular weight excluding hydrogens is 284 g/mol. The highest BCUT2D eigenvalue weighted by atomic mass is 32.1. The van der Waals surface area contributed by atoms with E-state index in [1.807, 2.05) is 18.4 Å². The van der Waals surface area contributed by atoms with E-state index in [9.17, 15) is 0 Å². The maximum Gasteiger partial charge on any atom is 0.191 e. The van der Waals surface area contributed by atoms with Crippen LogP contribution in [-0.2, 0) is 20.0 Å². The van der Waals surface area contributed by atoms with Crippen LogP contribution in [0.4, 0.5) is 0 Å². The smallest absolute Gasteiger partial charge is 0.191 e. The second kappa shape index (κ2) is 7.21. The van der Waals surface area contributed by atoms with Gasteiger partial charge in [-0.15, -0.1) is 11.3 Å². The Hall–Kier alpha value is -1.89. The standard InChI is InChI=1S/C14H22N6S/c1-10(7-12-6-5-11(2)21-12)19-14(15-3)16-8-13-17-9-18-20(13)4/h5-6,9-10H,7-8H2,1-4H3,(H2,15,16,19). The summed E-state index contributed by atoms with van der Waals surface area (Å²) < 4.78 is 1.75. The Kier molecular flexibility index (Phi) is 5.32. The number of aryl methyl sites for hydroxylation is 2. The van der Waals surface area contributed by atoms with Crippen LogP contribution in [0, 0.1) is 6.92 Å². The van der Waals surface area contributed by atoms with E-state index in [1.54, 1.807) is 18.1 Å². The van der Waals surface area contributed by atoms with Crippen molar-refractivity contribution in [2.75, 3.05) is 7.05 Å². The Morgan fingerprint density at radius 1 is 1.48 bits per heavy atom. The van der Waals surface area contributed by atoms with Crippen molar-refractivity contribution in [1.29, 1.82) is 0 Å². The van der Waals surface area contributed by atoms with Gasteiger partial charge in [-0.3, -0.25) is 9.67 Å². The van der Waals surface area contributed by atoms with E-state index in [-0.39, 0.29) is 0 Å². The molecule has 2 rings (SSSR count). The van der Waals surface area contributed by atoms with Crippen molar-refractivity contribution in [3.8, 4) is 0 Å². The number of rotatable bonds is 5. The first-order valence-electron chi connectivity index (χ1n) is 6.94. The third-order valence-electron chi connectivity index (χ3n) is 3.13. The van der Waals surface area contributed by atoms with E-state index >= 15 is 0 Å². The molecule has 1 unspecified atom stereocenters. The second-order valence-corrected chi connectivity index (χ2v) is 6.36. The fourth-order valence-electron chi connectivity index (χ4n) is 2.02. The van der Waals surface area contributed by atoms with Crippen LogP contribution < -0.4 is 10.6 Å². The molecule has 0 aromatic carbocycles. The highest BCUT2D eigenvalue weighted by molar-refractivity contribution is 7.11. The fraction of sp³-hybridized carbons (Fsp3) is 0.500. The minimum atomic E-state index is 0.314. The lowest BCUT2D eigenvalue weighted by Crippen LogP contribution is -2.42. The number of nitrogens with one attached hydrogen (secondary N) is 2. The molecule has 2 aromatic rings. The molecule has 0 aliphatic rings. The first-order chi connectivity index (χ1) is 10.1. The molecule has 0 fully saturated rings. The molecule has 0 aliphatic carbocycles. The first-order valence-corrected chi connectivity index (χ1v) is 7.75. The zero-order chi connectivity index (χ0) is 15.2. The van der Waals surface area contributed by atoms with Crippen molar-refractivity contribution in [2.24, 2.45) is 12.0 Å². The van der Waals surface area contributed by atoms with Gasteiger partial charge in [0, 0.05) is 36.3 Å². The molecule has 0 saturated heterocycles. The summed E-state index contributed by atoms with van der Waals surface area (Å²) in [7, 11) is 3.65. The molecular formula is C14H22N6S. The molecule has 0 saturated carbocycles. The van der Waals surface area contributed by atoms with Crippen molar-refractivity contribution in [1.82, 2.24) is 25.4 Å². The molecule has 1 atom stereocenters. The van der Waals surface area contributed by atoms with Crippen molar-refractivity contribution in [2.45, 2.75) is 32.9 Å². The van der Waals surface area contributed by atoms with Crippen LogP contribution >= 0.6 is 11.3 Å². The maximum atomic E-state index is 4.24.